The van der Waals surface area contributed by atoms with Crippen LogP contribution in [0.15, 0.2) is 12.5 Å². The van der Waals surface area contributed by atoms with Crippen LogP contribution in [0.1, 0.15) is 52.0 Å². The molecule has 0 fully saturated rings. The van der Waals surface area contributed by atoms with Gasteiger partial charge in [0.05, 0.1) is 13.3 Å². The largest absolute Gasteiger partial charge is 0.464 e. The second-order valence-electron chi connectivity index (χ2n) is 6.89. The molecule has 2 amide bonds. The lowest BCUT2D eigenvalue weighted by molar-refractivity contribution is 0.0364. The third-order valence-corrected chi connectivity index (χ3v) is 2.36. The molecule has 0 aromatic carbocycles. The molecule has 0 saturated heterocycles. The summed E-state index contributed by atoms with van der Waals surface area (Å²) in [6.45, 7) is 9.88. The molecule has 0 aliphatic heterocycles. The summed E-state index contributed by atoms with van der Waals surface area (Å²) >= 11 is 0. The molecule has 0 saturated carbocycles. The quantitative estimate of drug-likeness (QED) is 0.601. The van der Waals surface area contributed by atoms with E-state index in [1.807, 2.05) is 0 Å². The first-order valence-electron chi connectivity index (χ1n) is 7.23. The zero-order valence-corrected chi connectivity index (χ0v) is 14.9. The second kappa shape index (κ2) is 6.90. The Morgan fingerprint density at radius 3 is 1.83 bits per heavy atom. The fourth-order valence-electron chi connectivity index (χ4n) is 1.56. The summed E-state index contributed by atoms with van der Waals surface area (Å²) in [5.74, 6) is -0.774. The highest BCUT2D eigenvalue weighted by Crippen LogP contribution is 2.15. The van der Waals surface area contributed by atoms with E-state index in [0.717, 1.165) is 17.2 Å². The van der Waals surface area contributed by atoms with E-state index in [1.54, 1.807) is 41.5 Å². The first-order valence-corrected chi connectivity index (χ1v) is 7.23. The summed E-state index contributed by atoms with van der Waals surface area (Å²) in [6, 6.07) is 0. The zero-order chi connectivity index (χ0) is 18.7. The number of carbonyl (C=O) groups excluding carboxylic acids is 3. The summed E-state index contributed by atoms with van der Waals surface area (Å²) in [5.41, 5.74) is -1.85. The molecule has 1 rings (SSSR count). The van der Waals surface area contributed by atoms with Crippen LogP contribution >= 0.6 is 0 Å². The van der Waals surface area contributed by atoms with E-state index in [2.05, 4.69) is 9.72 Å². The van der Waals surface area contributed by atoms with Crippen molar-refractivity contribution in [3.05, 3.63) is 18.2 Å². The lowest BCUT2D eigenvalue weighted by Crippen LogP contribution is -2.50. The Labute approximate surface area is 140 Å². The van der Waals surface area contributed by atoms with Crippen LogP contribution in [0.25, 0.3) is 0 Å². The number of aromatic nitrogens is 2. The molecule has 0 radical (unpaired) electrons. The Kier molecular flexibility index (Phi) is 5.59. The Morgan fingerprint density at radius 2 is 1.46 bits per heavy atom. The molecule has 0 spiro atoms. The molecular formula is C15H23N3O6. The number of imidazole rings is 1. The fraction of sp³-hybridized carbons (Fsp3) is 0.600. The minimum Gasteiger partial charge on any atom is -0.464 e. The molecule has 1 heterocycles. The highest BCUT2D eigenvalue weighted by Gasteiger charge is 2.35. The monoisotopic (exact) mass is 341 g/mol. The van der Waals surface area contributed by atoms with Gasteiger partial charge in [-0.1, -0.05) is 0 Å². The maximum Gasteiger partial charge on any atom is 0.439 e. The van der Waals surface area contributed by atoms with E-state index in [0.29, 0.717) is 5.01 Å². The Hall–Kier alpha value is -2.58. The lowest BCUT2D eigenvalue weighted by Gasteiger charge is -2.29. The van der Waals surface area contributed by atoms with Gasteiger partial charge < -0.3 is 14.2 Å². The van der Waals surface area contributed by atoms with Crippen molar-refractivity contribution in [1.29, 1.82) is 0 Å². The highest BCUT2D eigenvalue weighted by atomic mass is 16.6. The maximum atomic E-state index is 12.4. The van der Waals surface area contributed by atoms with E-state index in [-0.39, 0.29) is 5.69 Å². The average molecular weight is 341 g/mol. The standard InChI is InChI=1S/C15H23N3O6/c1-14(2,3)23-12(20)18(13(21)24-15(4,5)6)17-9-16-8-10(17)11(19)22-7/h8-9H,1-7H3. The first-order chi connectivity index (χ1) is 10.9. The number of imide groups is 1. The van der Waals surface area contributed by atoms with Gasteiger partial charge in [0.2, 0.25) is 0 Å². The minimum atomic E-state index is -1.01. The summed E-state index contributed by atoms with van der Waals surface area (Å²) < 4.78 is 16.0. The van der Waals surface area contributed by atoms with Gasteiger partial charge in [0, 0.05) is 0 Å². The van der Waals surface area contributed by atoms with Crippen LogP contribution in [-0.2, 0) is 14.2 Å². The van der Waals surface area contributed by atoms with Crippen LogP contribution in [0.4, 0.5) is 9.59 Å². The number of methoxy groups -OCH3 is 1. The third kappa shape index (κ3) is 5.25. The molecule has 134 valence electrons. The van der Waals surface area contributed by atoms with Crippen molar-refractivity contribution in [2.75, 3.05) is 12.1 Å². The van der Waals surface area contributed by atoms with Gasteiger partial charge in [-0.3, -0.25) is 0 Å². The van der Waals surface area contributed by atoms with E-state index in [4.69, 9.17) is 9.47 Å². The number of esters is 1. The average Bonchev–Trinajstić information content (AvgIpc) is 2.82. The van der Waals surface area contributed by atoms with Gasteiger partial charge in [-0.2, -0.15) is 0 Å². The van der Waals surface area contributed by atoms with Crippen molar-refractivity contribution in [1.82, 2.24) is 9.66 Å². The number of rotatable bonds is 2. The van der Waals surface area contributed by atoms with E-state index in [9.17, 15) is 14.4 Å². The van der Waals surface area contributed by atoms with Gasteiger partial charge in [-0.15, -0.1) is 5.01 Å². The number of carbonyl (C=O) groups is 3. The van der Waals surface area contributed by atoms with Crippen LogP contribution in [0.2, 0.25) is 0 Å². The predicted octanol–water partition coefficient (Wildman–Crippen LogP) is 2.48. The van der Waals surface area contributed by atoms with Gasteiger partial charge in [0.25, 0.3) is 0 Å². The molecule has 0 aliphatic rings. The second-order valence-corrected chi connectivity index (χ2v) is 6.89. The van der Waals surface area contributed by atoms with Crippen LogP contribution in [-0.4, -0.2) is 46.1 Å². The minimum absolute atomic E-state index is 0.130. The van der Waals surface area contributed by atoms with Crippen molar-refractivity contribution in [3.63, 3.8) is 0 Å². The van der Waals surface area contributed by atoms with Crippen LogP contribution in [0.3, 0.4) is 0 Å². The number of ether oxygens (including phenoxy) is 3. The molecule has 0 unspecified atom stereocenters. The van der Waals surface area contributed by atoms with Crippen molar-refractivity contribution in [2.45, 2.75) is 52.7 Å². The number of amides is 2. The Morgan fingerprint density at radius 1 is 1.00 bits per heavy atom. The molecular weight excluding hydrogens is 318 g/mol. The molecule has 0 bridgehead atoms. The van der Waals surface area contributed by atoms with Gasteiger partial charge in [0.15, 0.2) is 5.69 Å². The van der Waals surface area contributed by atoms with E-state index in [1.165, 1.54) is 7.11 Å². The van der Waals surface area contributed by atoms with Crippen molar-refractivity contribution >= 4 is 18.2 Å². The molecule has 24 heavy (non-hydrogen) atoms. The molecule has 0 aliphatic carbocycles. The Balaban J connectivity index is 3.29. The zero-order valence-electron chi connectivity index (χ0n) is 14.9. The topological polar surface area (TPSA) is 100.0 Å². The molecule has 0 N–H and O–H groups in total. The summed E-state index contributed by atoms with van der Waals surface area (Å²) in [4.78, 5) is 40.5. The van der Waals surface area contributed by atoms with Crippen LogP contribution in [0.5, 0.6) is 0 Å². The molecule has 0 atom stereocenters. The van der Waals surface area contributed by atoms with Gasteiger partial charge in [-0.05, 0) is 41.5 Å². The van der Waals surface area contributed by atoms with E-state index >= 15 is 0 Å². The highest BCUT2D eigenvalue weighted by molar-refractivity contribution is 6.03. The van der Waals surface area contributed by atoms with Crippen molar-refractivity contribution < 1.29 is 28.6 Å². The van der Waals surface area contributed by atoms with Crippen LogP contribution in [0, 0.1) is 0 Å². The van der Waals surface area contributed by atoms with Crippen molar-refractivity contribution in [2.24, 2.45) is 0 Å². The normalized spacial score (nSPS) is 11.6. The fourth-order valence-corrected chi connectivity index (χ4v) is 1.56. The summed E-state index contributed by atoms with van der Waals surface area (Å²) in [6.07, 6.45) is 0.244. The maximum absolute atomic E-state index is 12.4. The molecule has 1 aromatic rings. The molecule has 9 heteroatoms. The molecule has 9 nitrogen and oxygen atoms in total. The van der Waals surface area contributed by atoms with Gasteiger partial charge in [0.1, 0.15) is 17.5 Å². The van der Waals surface area contributed by atoms with Gasteiger partial charge in [-0.25, -0.2) is 24.0 Å². The van der Waals surface area contributed by atoms with E-state index < -0.39 is 29.4 Å². The first kappa shape index (κ1) is 19.5. The van der Waals surface area contributed by atoms with Crippen molar-refractivity contribution in [3.8, 4) is 0 Å². The predicted molar refractivity (Wildman–Crippen MR) is 84.3 cm³/mol. The van der Waals surface area contributed by atoms with Crippen LogP contribution < -0.4 is 5.01 Å². The summed E-state index contributed by atoms with van der Waals surface area (Å²) in [5, 5.41) is 0.551. The van der Waals surface area contributed by atoms with Gasteiger partial charge >= 0.3 is 18.2 Å². The smallest absolute Gasteiger partial charge is 0.439 e. The lowest BCUT2D eigenvalue weighted by atomic mass is 10.2. The number of hydrogen-bond acceptors (Lipinski definition) is 7. The number of hydrogen-bond donors (Lipinski definition) is 0. The Bertz CT molecular complexity index is 596. The third-order valence-electron chi connectivity index (χ3n) is 2.36. The summed E-state index contributed by atoms with van der Waals surface area (Å²) in [7, 11) is 1.17. The molecule has 1 aromatic heterocycles. The SMILES string of the molecule is COC(=O)c1cncn1N(C(=O)OC(C)(C)C)C(=O)OC(C)(C)C. The number of nitrogens with zero attached hydrogens (tertiary/aromatic N) is 3.